The number of rotatable bonds is 5. The summed E-state index contributed by atoms with van der Waals surface area (Å²) < 4.78 is 10.4. The Hall–Kier alpha value is -3.88. The van der Waals surface area contributed by atoms with Crippen LogP contribution in [0.1, 0.15) is 15.9 Å². The number of hydrogen-bond donors (Lipinski definition) is 3. The predicted octanol–water partition coefficient (Wildman–Crippen LogP) is 1.41. The summed E-state index contributed by atoms with van der Waals surface area (Å²) in [4.78, 5) is 31.0. The number of hydrazone groups is 1. The molecule has 3 N–H and O–H groups in total. The lowest BCUT2D eigenvalue weighted by molar-refractivity contribution is 0.0951. The van der Waals surface area contributed by atoms with Crippen LogP contribution in [-0.2, 0) is 0 Å². The third-order valence-electron chi connectivity index (χ3n) is 3.80. The number of nitrogens with one attached hydrogen (secondary N) is 2. The van der Waals surface area contributed by atoms with E-state index in [0.717, 1.165) is 0 Å². The van der Waals surface area contributed by atoms with Gasteiger partial charge in [0, 0.05) is 23.8 Å². The van der Waals surface area contributed by atoms with Crippen LogP contribution in [0, 0.1) is 0 Å². The summed E-state index contributed by atoms with van der Waals surface area (Å²) >= 11 is 0. The summed E-state index contributed by atoms with van der Waals surface area (Å²) in [6.07, 6.45) is 4.54. The van der Waals surface area contributed by atoms with Crippen molar-refractivity contribution in [2.75, 3.05) is 14.2 Å². The fourth-order valence-corrected chi connectivity index (χ4v) is 2.49. The van der Waals surface area contributed by atoms with Gasteiger partial charge in [-0.15, -0.1) is 0 Å². The summed E-state index contributed by atoms with van der Waals surface area (Å²) in [5, 5.41) is 14.5. The van der Waals surface area contributed by atoms with Crippen molar-refractivity contribution in [1.82, 2.24) is 15.4 Å². The maximum absolute atomic E-state index is 12.3. The van der Waals surface area contributed by atoms with E-state index >= 15 is 0 Å². The van der Waals surface area contributed by atoms with Gasteiger partial charge in [0.05, 0.1) is 26.0 Å². The second kappa shape index (κ2) is 7.56. The Balaban J connectivity index is 1.97. The molecule has 1 aromatic carbocycles. The minimum atomic E-state index is -0.851. The molecule has 3 aromatic rings. The summed E-state index contributed by atoms with van der Waals surface area (Å²) in [5.74, 6) is -0.615. The lowest BCUT2D eigenvalue weighted by Gasteiger charge is -2.11. The molecule has 0 atom stereocenters. The van der Waals surface area contributed by atoms with Crippen LogP contribution < -0.4 is 20.5 Å². The van der Waals surface area contributed by atoms with Crippen LogP contribution in [0.5, 0.6) is 17.2 Å². The molecular formula is C18H16N4O5. The quantitative estimate of drug-likeness (QED) is 0.462. The topological polar surface area (TPSA) is 126 Å². The van der Waals surface area contributed by atoms with Crippen LogP contribution in [-0.4, -0.2) is 41.4 Å². The number of ether oxygens (including phenoxy) is 2. The average molecular weight is 368 g/mol. The molecule has 0 spiro atoms. The van der Waals surface area contributed by atoms with Gasteiger partial charge in [-0.3, -0.25) is 14.6 Å². The lowest BCUT2D eigenvalue weighted by atomic mass is 10.1. The van der Waals surface area contributed by atoms with Crippen molar-refractivity contribution in [3.63, 3.8) is 0 Å². The molecule has 0 fully saturated rings. The maximum Gasteiger partial charge on any atom is 0.280 e. The fourth-order valence-electron chi connectivity index (χ4n) is 2.49. The lowest BCUT2D eigenvalue weighted by Crippen LogP contribution is -2.26. The van der Waals surface area contributed by atoms with Crippen molar-refractivity contribution < 1.29 is 19.4 Å². The van der Waals surface area contributed by atoms with Crippen molar-refractivity contribution in [3.8, 4) is 17.2 Å². The van der Waals surface area contributed by atoms with E-state index in [1.165, 1.54) is 32.6 Å². The van der Waals surface area contributed by atoms with Gasteiger partial charge in [0.15, 0.2) is 11.5 Å². The van der Waals surface area contributed by atoms with Gasteiger partial charge in [0.1, 0.15) is 11.3 Å². The second-order valence-corrected chi connectivity index (χ2v) is 5.41. The molecular weight excluding hydrogens is 352 g/mol. The Labute approximate surface area is 153 Å². The molecule has 0 aliphatic heterocycles. The number of carbonyl (C=O) groups excluding carboxylic acids is 1. The van der Waals surface area contributed by atoms with E-state index < -0.39 is 22.8 Å². The number of amides is 1. The molecule has 2 aromatic heterocycles. The number of fused-ring (bicyclic) bond motifs is 1. The van der Waals surface area contributed by atoms with Crippen molar-refractivity contribution in [2.24, 2.45) is 5.10 Å². The zero-order chi connectivity index (χ0) is 19.4. The molecule has 0 aliphatic carbocycles. The van der Waals surface area contributed by atoms with Crippen LogP contribution in [0.4, 0.5) is 0 Å². The third-order valence-corrected chi connectivity index (χ3v) is 3.80. The molecule has 1 amide bonds. The van der Waals surface area contributed by atoms with E-state index in [9.17, 15) is 14.7 Å². The largest absolute Gasteiger partial charge is 0.506 e. The van der Waals surface area contributed by atoms with Gasteiger partial charge < -0.3 is 19.6 Å². The number of carbonyl (C=O) groups is 1. The minimum Gasteiger partial charge on any atom is -0.506 e. The number of nitrogens with zero attached hydrogens (tertiary/aromatic N) is 2. The number of hydrogen-bond acceptors (Lipinski definition) is 7. The first-order valence-corrected chi connectivity index (χ1v) is 7.79. The Morgan fingerprint density at radius 2 is 1.89 bits per heavy atom. The van der Waals surface area contributed by atoms with E-state index in [-0.39, 0.29) is 5.39 Å². The van der Waals surface area contributed by atoms with Gasteiger partial charge >= 0.3 is 0 Å². The highest BCUT2D eigenvalue weighted by atomic mass is 16.5. The van der Waals surface area contributed by atoms with Gasteiger partial charge in [0.25, 0.3) is 11.5 Å². The summed E-state index contributed by atoms with van der Waals surface area (Å²) in [5.41, 5.74) is 2.01. The number of methoxy groups -OCH3 is 2. The first-order valence-electron chi connectivity index (χ1n) is 7.79. The molecule has 3 rings (SSSR count). The normalized spacial score (nSPS) is 10.9. The molecule has 9 heteroatoms. The first kappa shape index (κ1) is 17.9. The Morgan fingerprint density at radius 3 is 2.56 bits per heavy atom. The first-order chi connectivity index (χ1) is 13.0. The highest BCUT2D eigenvalue weighted by molar-refractivity contribution is 6.02. The predicted molar refractivity (Wildman–Crippen MR) is 98.6 cm³/mol. The minimum absolute atomic E-state index is 0.232. The number of aromatic nitrogens is 2. The van der Waals surface area contributed by atoms with E-state index in [4.69, 9.17) is 9.47 Å². The van der Waals surface area contributed by atoms with Gasteiger partial charge in [-0.05, 0) is 23.8 Å². The van der Waals surface area contributed by atoms with E-state index in [1.807, 2.05) is 0 Å². The fraction of sp³-hybridized carbons (Fsp3) is 0.111. The van der Waals surface area contributed by atoms with Crippen LogP contribution >= 0.6 is 0 Å². The number of benzene rings is 1. The van der Waals surface area contributed by atoms with Crippen molar-refractivity contribution >= 4 is 23.0 Å². The Morgan fingerprint density at radius 1 is 1.22 bits per heavy atom. The van der Waals surface area contributed by atoms with Crippen LogP contribution in [0.25, 0.3) is 10.9 Å². The zero-order valence-electron chi connectivity index (χ0n) is 14.5. The number of pyridine rings is 2. The SMILES string of the molecule is COc1cc2[nH]c(=O)c(C(=O)N/N=C\c3ccncc3)c(O)c2cc1OC. The highest BCUT2D eigenvalue weighted by Crippen LogP contribution is 2.35. The van der Waals surface area contributed by atoms with Gasteiger partial charge in [0.2, 0.25) is 0 Å². The van der Waals surface area contributed by atoms with Crippen molar-refractivity contribution in [1.29, 1.82) is 0 Å². The van der Waals surface area contributed by atoms with E-state index in [2.05, 4.69) is 20.5 Å². The molecule has 9 nitrogen and oxygen atoms in total. The Bertz CT molecular complexity index is 1080. The van der Waals surface area contributed by atoms with Crippen molar-refractivity contribution in [3.05, 3.63) is 58.1 Å². The Kier molecular flexibility index (Phi) is 5.02. The smallest absolute Gasteiger partial charge is 0.280 e. The van der Waals surface area contributed by atoms with Crippen LogP contribution in [0.2, 0.25) is 0 Å². The standard InChI is InChI=1S/C18H16N4O5/c1-26-13-7-11-12(8-14(13)27-2)21-17(24)15(16(11)23)18(25)22-20-9-10-3-5-19-6-4-10/h3-9H,1-2H3,(H,22,25)(H2,21,23,24)/b20-9-. The van der Waals surface area contributed by atoms with Gasteiger partial charge in [-0.25, -0.2) is 5.43 Å². The third kappa shape index (κ3) is 3.56. The molecule has 0 radical (unpaired) electrons. The van der Waals surface area contributed by atoms with E-state index in [1.54, 1.807) is 24.5 Å². The highest BCUT2D eigenvalue weighted by Gasteiger charge is 2.20. The van der Waals surface area contributed by atoms with Crippen LogP contribution in [0.15, 0.2) is 46.6 Å². The zero-order valence-corrected chi connectivity index (χ0v) is 14.5. The number of aromatic hydroxyl groups is 1. The monoisotopic (exact) mass is 368 g/mol. The molecule has 138 valence electrons. The molecule has 0 saturated heterocycles. The molecule has 0 aliphatic rings. The van der Waals surface area contributed by atoms with Gasteiger partial charge in [-0.1, -0.05) is 0 Å². The molecule has 0 bridgehead atoms. The number of aromatic amines is 1. The summed E-state index contributed by atoms with van der Waals surface area (Å²) in [7, 11) is 2.89. The molecule has 0 unspecified atom stereocenters. The molecule has 0 saturated carbocycles. The molecule has 2 heterocycles. The molecule has 27 heavy (non-hydrogen) atoms. The van der Waals surface area contributed by atoms with E-state index in [0.29, 0.717) is 22.6 Å². The number of H-pyrrole nitrogens is 1. The summed E-state index contributed by atoms with van der Waals surface area (Å²) in [6, 6.07) is 6.35. The average Bonchev–Trinajstić information content (AvgIpc) is 2.68. The van der Waals surface area contributed by atoms with Crippen molar-refractivity contribution in [2.45, 2.75) is 0 Å². The van der Waals surface area contributed by atoms with Gasteiger partial charge in [-0.2, -0.15) is 5.10 Å². The van der Waals surface area contributed by atoms with Crippen LogP contribution in [0.3, 0.4) is 0 Å². The maximum atomic E-state index is 12.3. The second-order valence-electron chi connectivity index (χ2n) is 5.41. The summed E-state index contributed by atoms with van der Waals surface area (Å²) in [6.45, 7) is 0.